The van der Waals surface area contributed by atoms with Crippen LogP contribution in [-0.4, -0.2) is 39.5 Å². The standard InChI is InChI=1S/C17H26N4O2S/c1-3-6-11(2)16-19-20-17(24-16)18-15(23)12-9-14(22)21(10-12)13-7-4-5-8-13/h11-13H,3-10H2,1-2H3,(H,18,20,23)/t11-,12+/m0/s1. The lowest BCUT2D eigenvalue weighted by molar-refractivity contribution is -0.129. The number of anilines is 1. The van der Waals surface area contributed by atoms with Crippen LogP contribution in [0.3, 0.4) is 0 Å². The molecular weight excluding hydrogens is 324 g/mol. The molecule has 1 aliphatic heterocycles. The topological polar surface area (TPSA) is 75.2 Å². The van der Waals surface area contributed by atoms with Crippen LogP contribution >= 0.6 is 11.3 Å². The third kappa shape index (κ3) is 3.77. The maximum atomic E-state index is 12.5. The average molecular weight is 350 g/mol. The van der Waals surface area contributed by atoms with Gasteiger partial charge in [-0.1, -0.05) is 44.4 Å². The van der Waals surface area contributed by atoms with Crippen molar-refractivity contribution >= 4 is 28.3 Å². The fraction of sp³-hybridized carbons (Fsp3) is 0.765. The van der Waals surface area contributed by atoms with Crippen LogP contribution in [0.15, 0.2) is 0 Å². The van der Waals surface area contributed by atoms with Crippen molar-refractivity contribution in [3.05, 3.63) is 5.01 Å². The van der Waals surface area contributed by atoms with Crippen LogP contribution < -0.4 is 5.32 Å². The number of rotatable bonds is 6. The largest absolute Gasteiger partial charge is 0.339 e. The molecule has 0 unspecified atom stereocenters. The summed E-state index contributed by atoms with van der Waals surface area (Å²) in [5.74, 6) is 0.119. The van der Waals surface area contributed by atoms with Crippen LogP contribution in [0.4, 0.5) is 5.13 Å². The van der Waals surface area contributed by atoms with E-state index in [2.05, 4.69) is 29.4 Å². The van der Waals surface area contributed by atoms with Gasteiger partial charge >= 0.3 is 0 Å². The van der Waals surface area contributed by atoms with Gasteiger partial charge < -0.3 is 10.2 Å². The maximum absolute atomic E-state index is 12.5. The van der Waals surface area contributed by atoms with E-state index in [1.807, 2.05) is 4.90 Å². The monoisotopic (exact) mass is 350 g/mol. The lowest BCUT2D eigenvalue weighted by Crippen LogP contribution is -2.35. The Bertz CT molecular complexity index is 597. The molecule has 1 saturated carbocycles. The Balaban J connectivity index is 1.56. The number of hydrogen-bond acceptors (Lipinski definition) is 5. The van der Waals surface area contributed by atoms with Gasteiger partial charge in [-0.2, -0.15) is 0 Å². The van der Waals surface area contributed by atoms with E-state index in [1.165, 1.54) is 24.2 Å². The van der Waals surface area contributed by atoms with E-state index in [1.54, 1.807) is 0 Å². The van der Waals surface area contributed by atoms with E-state index in [-0.39, 0.29) is 17.7 Å². The SMILES string of the molecule is CCC[C@H](C)c1nnc(NC(=O)[C@@H]2CC(=O)N(C3CCCC3)C2)s1. The van der Waals surface area contributed by atoms with Gasteiger partial charge in [-0.3, -0.25) is 9.59 Å². The van der Waals surface area contributed by atoms with Gasteiger partial charge in [-0.05, 0) is 19.3 Å². The highest BCUT2D eigenvalue weighted by Crippen LogP contribution is 2.31. The highest BCUT2D eigenvalue weighted by molar-refractivity contribution is 7.15. The zero-order chi connectivity index (χ0) is 17.1. The number of likely N-dealkylation sites (tertiary alicyclic amines) is 1. The zero-order valence-electron chi connectivity index (χ0n) is 14.5. The molecule has 2 atom stereocenters. The molecule has 132 valence electrons. The van der Waals surface area contributed by atoms with E-state index in [0.29, 0.717) is 30.1 Å². The smallest absolute Gasteiger partial charge is 0.231 e. The van der Waals surface area contributed by atoms with Crippen LogP contribution in [-0.2, 0) is 9.59 Å². The molecule has 2 amide bonds. The lowest BCUT2D eigenvalue weighted by atomic mass is 10.1. The van der Waals surface area contributed by atoms with Crippen molar-refractivity contribution in [3.8, 4) is 0 Å². The van der Waals surface area contributed by atoms with Crippen molar-refractivity contribution in [2.45, 2.75) is 70.8 Å². The molecule has 24 heavy (non-hydrogen) atoms. The van der Waals surface area contributed by atoms with Crippen LogP contribution in [0.1, 0.15) is 69.7 Å². The van der Waals surface area contributed by atoms with Crippen molar-refractivity contribution in [2.75, 3.05) is 11.9 Å². The summed E-state index contributed by atoms with van der Waals surface area (Å²) in [6.07, 6.45) is 7.02. The van der Waals surface area contributed by atoms with Gasteiger partial charge in [-0.15, -0.1) is 10.2 Å². The Labute approximate surface area is 147 Å². The van der Waals surface area contributed by atoms with Crippen LogP contribution in [0.2, 0.25) is 0 Å². The molecule has 1 aromatic heterocycles. The molecule has 2 heterocycles. The summed E-state index contributed by atoms with van der Waals surface area (Å²) in [6, 6.07) is 0.346. The number of carbonyl (C=O) groups excluding carboxylic acids is 2. The molecule has 1 aliphatic carbocycles. The molecule has 7 heteroatoms. The minimum Gasteiger partial charge on any atom is -0.339 e. The van der Waals surface area contributed by atoms with E-state index in [0.717, 1.165) is 30.7 Å². The number of nitrogens with zero attached hydrogens (tertiary/aromatic N) is 3. The minimum absolute atomic E-state index is 0.102. The van der Waals surface area contributed by atoms with E-state index < -0.39 is 0 Å². The Morgan fingerprint density at radius 3 is 2.83 bits per heavy atom. The van der Waals surface area contributed by atoms with Crippen LogP contribution in [0.5, 0.6) is 0 Å². The molecular formula is C17H26N4O2S. The minimum atomic E-state index is -0.265. The van der Waals surface area contributed by atoms with Gasteiger partial charge in [-0.25, -0.2) is 0 Å². The molecule has 0 bridgehead atoms. The molecule has 2 fully saturated rings. The Kier molecular flexibility index (Phi) is 5.48. The van der Waals surface area contributed by atoms with Crippen molar-refractivity contribution in [2.24, 2.45) is 5.92 Å². The van der Waals surface area contributed by atoms with Gasteiger partial charge in [0.2, 0.25) is 16.9 Å². The number of hydrogen-bond donors (Lipinski definition) is 1. The van der Waals surface area contributed by atoms with E-state index in [9.17, 15) is 9.59 Å². The predicted molar refractivity (Wildman–Crippen MR) is 93.9 cm³/mol. The Hall–Kier alpha value is -1.50. The highest BCUT2D eigenvalue weighted by atomic mass is 32.1. The van der Waals surface area contributed by atoms with Crippen LogP contribution in [0, 0.1) is 5.92 Å². The lowest BCUT2D eigenvalue weighted by Gasteiger charge is -2.23. The van der Waals surface area contributed by atoms with Gasteiger partial charge in [0.25, 0.3) is 0 Å². The van der Waals surface area contributed by atoms with Gasteiger partial charge in [0.1, 0.15) is 5.01 Å². The first-order valence-corrected chi connectivity index (χ1v) is 9.83. The third-order valence-corrected chi connectivity index (χ3v) is 6.18. The van der Waals surface area contributed by atoms with Crippen LogP contribution in [0.25, 0.3) is 0 Å². The number of nitrogens with one attached hydrogen (secondary N) is 1. The second-order valence-electron chi connectivity index (χ2n) is 7.01. The normalized spacial score (nSPS) is 23.0. The van der Waals surface area contributed by atoms with E-state index in [4.69, 9.17) is 0 Å². The molecule has 1 saturated heterocycles. The summed E-state index contributed by atoms with van der Waals surface area (Å²) in [7, 11) is 0. The number of carbonyl (C=O) groups is 2. The first-order chi connectivity index (χ1) is 11.6. The van der Waals surface area contributed by atoms with Gasteiger partial charge in [0.15, 0.2) is 0 Å². The predicted octanol–water partition coefficient (Wildman–Crippen LogP) is 3.17. The van der Waals surface area contributed by atoms with Crippen molar-refractivity contribution in [1.29, 1.82) is 0 Å². The molecule has 3 rings (SSSR count). The van der Waals surface area contributed by atoms with Crippen molar-refractivity contribution in [1.82, 2.24) is 15.1 Å². The van der Waals surface area contributed by atoms with Crippen molar-refractivity contribution in [3.63, 3.8) is 0 Å². The molecule has 0 aromatic carbocycles. The first-order valence-electron chi connectivity index (χ1n) is 9.02. The summed E-state index contributed by atoms with van der Waals surface area (Å²) >= 11 is 1.44. The first kappa shape index (κ1) is 17.3. The molecule has 1 aromatic rings. The molecule has 0 spiro atoms. The summed E-state index contributed by atoms with van der Waals surface area (Å²) < 4.78 is 0. The second-order valence-corrected chi connectivity index (χ2v) is 8.02. The summed E-state index contributed by atoms with van der Waals surface area (Å²) in [5, 5.41) is 12.6. The third-order valence-electron chi connectivity index (χ3n) is 5.11. The van der Waals surface area contributed by atoms with Gasteiger partial charge in [0, 0.05) is 24.9 Å². The fourth-order valence-corrected chi connectivity index (χ4v) is 4.56. The second kappa shape index (κ2) is 7.59. The summed E-state index contributed by atoms with van der Waals surface area (Å²) in [5.41, 5.74) is 0. The summed E-state index contributed by atoms with van der Waals surface area (Å²) in [6.45, 7) is 4.82. The quantitative estimate of drug-likeness (QED) is 0.855. The number of aromatic nitrogens is 2. The van der Waals surface area contributed by atoms with E-state index >= 15 is 0 Å². The fourth-order valence-electron chi connectivity index (χ4n) is 3.72. The Morgan fingerprint density at radius 2 is 2.12 bits per heavy atom. The highest BCUT2D eigenvalue weighted by Gasteiger charge is 2.38. The average Bonchev–Trinajstić information content (AvgIpc) is 3.27. The number of amides is 2. The van der Waals surface area contributed by atoms with Crippen molar-refractivity contribution < 1.29 is 9.59 Å². The zero-order valence-corrected chi connectivity index (χ0v) is 15.3. The Morgan fingerprint density at radius 1 is 1.38 bits per heavy atom. The summed E-state index contributed by atoms with van der Waals surface area (Å²) in [4.78, 5) is 26.6. The molecule has 2 aliphatic rings. The van der Waals surface area contributed by atoms with Gasteiger partial charge in [0.05, 0.1) is 5.92 Å². The maximum Gasteiger partial charge on any atom is 0.231 e. The molecule has 1 N–H and O–H groups in total. The molecule has 0 radical (unpaired) electrons. The molecule has 6 nitrogen and oxygen atoms in total.